The Kier molecular flexibility index (Phi) is 67.4. The van der Waals surface area contributed by atoms with Crippen molar-refractivity contribution in [1.29, 1.82) is 0 Å². The van der Waals surface area contributed by atoms with Crippen LogP contribution in [0.25, 0.3) is 0 Å². The lowest BCUT2D eigenvalue weighted by Crippen LogP contribution is -2.45. The van der Waals surface area contributed by atoms with E-state index in [2.05, 4.69) is 55.6 Å². The monoisotopic (exact) mass is 1120 g/mol. The summed E-state index contributed by atoms with van der Waals surface area (Å²) < 4.78 is 5.49. The molecule has 0 saturated carbocycles. The van der Waals surface area contributed by atoms with E-state index in [1.54, 1.807) is 6.08 Å². The number of rotatable bonds is 67. The third-order valence-electron chi connectivity index (χ3n) is 16.6. The maximum Gasteiger partial charge on any atom is 0.305 e. The van der Waals surface area contributed by atoms with E-state index in [-0.39, 0.29) is 18.5 Å². The van der Waals surface area contributed by atoms with E-state index < -0.39 is 12.1 Å². The molecule has 0 fully saturated rings. The molecule has 0 spiro atoms. The van der Waals surface area contributed by atoms with Crippen molar-refractivity contribution in [3.05, 3.63) is 48.6 Å². The molecule has 0 aliphatic carbocycles. The first kappa shape index (κ1) is 77.8. The lowest BCUT2D eigenvalue weighted by atomic mass is 10.0. The normalized spacial score (nSPS) is 12.8. The molecular formula is C74H139NO5. The van der Waals surface area contributed by atoms with Crippen molar-refractivity contribution in [1.82, 2.24) is 5.32 Å². The maximum absolute atomic E-state index is 12.5. The number of ether oxygens (including phenoxy) is 1. The minimum absolute atomic E-state index is 0.00344. The SMILES string of the molecule is CCCCCC/C=C\C/C=C\CCCCCCCC(=O)OCCCCCCCCCCCCCC/C=C\CCCCCCCCCCCCCCCCC(=O)NC(CO)C(O)/C=C/CCCCCCCCCCCCCCCCC. The predicted molar refractivity (Wildman–Crippen MR) is 352 cm³/mol. The number of esters is 1. The molecular weight excluding hydrogens is 983 g/mol. The van der Waals surface area contributed by atoms with E-state index >= 15 is 0 Å². The van der Waals surface area contributed by atoms with Gasteiger partial charge in [0.15, 0.2) is 0 Å². The van der Waals surface area contributed by atoms with Gasteiger partial charge in [-0.15, -0.1) is 0 Å². The van der Waals surface area contributed by atoms with E-state index in [9.17, 15) is 19.8 Å². The van der Waals surface area contributed by atoms with Gasteiger partial charge in [-0.2, -0.15) is 0 Å². The van der Waals surface area contributed by atoms with Gasteiger partial charge in [-0.05, 0) is 89.9 Å². The van der Waals surface area contributed by atoms with Gasteiger partial charge in [-0.3, -0.25) is 9.59 Å². The molecule has 0 aliphatic heterocycles. The highest BCUT2D eigenvalue weighted by atomic mass is 16.5. The molecule has 0 saturated heterocycles. The van der Waals surface area contributed by atoms with Crippen LogP contribution in [-0.2, 0) is 14.3 Å². The molecule has 6 heteroatoms. The van der Waals surface area contributed by atoms with Crippen LogP contribution in [0.5, 0.6) is 0 Å². The van der Waals surface area contributed by atoms with Gasteiger partial charge in [0, 0.05) is 12.8 Å². The number of carbonyl (C=O) groups is 2. The van der Waals surface area contributed by atoms with Gasteiger partial charge >= 0.3 is 5.97 Å². The Morgan fingerprint density at radius 1 is 0.350 bits per heavy atom. The summed E-state index contributed by atoms with van der Waals surface area (Å²) >= 11 is 0. The van der Waals surface area contributed by atoms with Crippen molar-refractivity contribution in [3.8, 4) is 0 Å². The second-order valence-electron chi connectivity index (χ2n) is 24.6. The Morgan fingerprint density at radius 3 is 0.975 bits per heavy atom. The number of unbranched alkanes of at least 4 members (excludes halogenated alkanes) is 50. The van der Waals surface area contributed by atoms with Crippen molar-refractivity contribution >= 4 is 11.9 Å². The molecule has 0 heterocycles. The van der Waals surface area contributed by atoms with Crippen LogP contribution in [0.1, 0.15) is 386 Å². The number of aliphatic hydroxyl groups excluding tert-OH is 2. The lowest BCUT2D eigenvalue weighted by Gasteiger charge is -2.20. The van der Waals surface area contributed by atoms with E-state index in [4.69, 9.17) is 4.74 Å². The molecule has 0 rings (SSSR count). The fraction of sp³-hybridized carbons (Fsp3) is 0.865. The number of aliphatic hydroxyl groups is 2. The highest BCUT2D eigenvalue weighted by Gasteiger charge is 2.18. The molecule has 80 heavy (non-hydrogen) atoms. The standard InChI is InChI=1S/C74H139NO5/c1-3-5-7-9-11-13-15-17-19-35-38-42-46-50-54-58-62-66-72(77)71(70-76)75-73(78)67-63-59-55-51-47-43-39-36-33-31-29-27-25-23-21-22-24-26-28-30-32-34-37-41-45-49-53-57-61-65-69-80-74(79)68-64-60-56-52-48-44-40-20-18-16-14-12-10-8-6-4-2/h14,16,20,22,24,40,62,66,71-72,76-77H,3-13,15,17-19,21,23,25-39,41-61,63-65,67-70H2,1-2H3,(H,75,78)/b16-14-,24-22-,40-20-,66-62+. The van der Waals surface area contributed by atoms with Crippen molar-refractivity contribution < 1.29 is 24.5 Å². The molecule has 470 valence electrons. The average Bonchev–Trinajstić information content (AvgIpc) is 3.46. The third-order valence-corrected chi connectivity index (χ3v) is 16.6. The first-order valence-electron chi connectivity index (χ1n) is 35.9. The fourth-order valence-corrected chi connectivity index (χ4v) is 11.1. The largest absolute Gasteiger partial charge is 0.466 e. The van der Waals surface area contributed by atoms with Crippen molar-refractivity contribution in [2.75, 3.05) is 13.2 Å². The van der Waals surface area contributed by atoms with Crippen LogP contribution in [0.15, 0.2) is 48.6 Å². The molecule has 0 aromatic rings. The molecule has 2 atom stereocenters. The van der Waals surface area contributed by atoms with Gasteiger partial charge in [-0.25, -0.2) is 0 Å². The van der Waals surface area contributed by atoms with Crippen LogP contribution in [-0.4, -0.2) is 47.4 Å². The summed E-state index contributed by atoms with van der Waals surface area (Å²) in [6.07, 6.45) is 90.5. The number of allylic oxidation sites excluding steroid dienone is 7. The van der Waals surface area contributed by atoms with Gasteiger partial charge in [0.05, 0.1) is 25.4 Å². The second-order valence-corrected chi connectivity index (χ2v) is 24.6. The smallest absolute Gasteiger partial charge is 0.305 e. The van der Waals surface area contributed by atoms with Gasteiger partial charge in [0.2, 0.25) is 5.91 Å². The number of amides is 1. The molecule has 6 nitrogen and oxygen atoms in total. The first-order chi connectivity index (χ1) is 39.5. The van der Waals surface area contributed by atoms with E-state index in [1.165, 1.54) is 308 Å². The highest BCUT2D eigenvalue weighted by Crippen LogP contribution is 2.18. The predicted octanol–water partition coefficient (Wildman–Crippen LogP) is 23.3. The second kappa shape index (κ2) is 69.3. The highest BCUT2D eigenvalue weighted by molar-refractivity contribution is 5.76. The first-order valence-corrected chi connectivity index (χ1v) is 35.9. The van der Waals surface area contributed by atoms with E-state index in [0.717, 1.165) is 51.4 Å². The Morgan fingerprint density at radius 2 is 0.625 bits per heavy atom. The van der Waals surface area contributed by atoms with Crippen LogP contribution in [0.4, 0.5) is 0 Å². The molecule has 2 unspecified atom stereocenters. The van der Waals surface area contributed by atoms with Crippen molar-refractivity contribution in [2.24, 2.45) is 0 Å². The zero-order valence-electron chi connectivity index (χ0n) is 53.8. The number of nitrogens with one attached hydrogen (secondary N) is 1. The van der Waals surface area contributed by atoms with Gasteiger partial charge < -0.3 is 20.3 Å². The fourth-order valence-electron chi connectivity index (χ4n) is 11.1. The maximum atomic E-state index is 12.5. The van der Waals surface area contributed by atoms with Crippen LogP contribution in [0.2, 0.25) is 0 Å². The summed E-state index contributed by atoms with van der Waals surface area (Å²) in [5, 5.41) is 23.2. The Labute approximate surface area is 499 Å². The Bertz CT molecular complexity index is 1340. The summed E-state index contributed by atoms with van der Waals surface area (Å²) in [7, 11) is 0. The number of carbonyl (C=O) groups excluding carboxylic acids is 2. The molecule has 0 aromatic heterocycles. The van der Waals surface area contributed by atoms with Crippen LogP contribution in [0.3, 0.4) is 0 Å². The molecule has 0 bridgehead atoms. The third kappa shape index (κ3) is 65.0. The average molecular weight is 1120 g/mol. The van der Waals surface area contributed by atoms with Crippen LogP contribution < -0.4 is 5.32 Å². The van der Waals surface area contributed by atoms with Gasteiger partial charge in [-0.1, -0.05) is 332 Å². The summed E-state index contributed by atoms with van der Waals surface area (Å²) in [5.74, 6) is -0.0607. The summed E-state index contributed by atoms with van der Waals surface area (Å²) in [6, 6.07) is -0.628. The van der Waals surface area contributed by atoms with Crippen LogP contribution >= 0.6 is 0 Å². The zero-order chi connectivity index (χ0) is 57.8. The molecule has 0 aromatic carbocycles. The minimum Gasteiger partial charge on any atom is -0.466 e. The van der Waals surface area contributed by atoms with Gasteiger partial charge in [0.1, 0.15) is 0 Å². The molecule has 0 radical (unpaired) electrons. The number of hydrogen-bond donors (Lipinski definition) is 3. The zero-order valence-corrected chi connectivity index (χ0v) is 53.8. The molecule has 0 aliphatic rings. The molecule has 1 amide bonds. The lowest BCUT2D eigenvalue weighted by molar-refractivity contribution is -0.143. The Balaban J connectivity index is 3.39. The van der Waals surface area contributed by atoms with Crippen molar-refractivity contribution in [2.45, 2.75) is 398 Å². The quantitative estimate of drug-likeness (QED) is 0.0320. The minimum atomic E-state index is -0.844. The summed E-state index contributed by atoms with van der Waals surface area (Å²) in [5.41, 5.74) is 0. The van der Waals surface area contributed by atoms with Crippen LogP contribution in [0, 0.1) is 0 Å². The summed E-state index contributed by atoms with van der Waals surface area (Å²) in [6.45, 7) is 4.91. The molecule has 3 N–H and O–H groups in total. The number of hydrogen-bond acceptors (Lipinski definition) is 5. The van der Waals surface area contributed by atoms with E-state index in [1.807, 2.05) is 6.08 Å². The van der Waals surface area contributed by atoms with Gasteiger partial charge in [0.25, 0.3) is 0 Å². The Hall–Kier alpha value is -2.18. The topological polar surface area (TPSA) is 95.9 Å². The van der Waals surface area contributed by atoms with E-state index in [0.29, 0.717) is 19.4 Å². The van der Waals surface area contributed by atoms with Crippen molar-refractivity contribution in [3.63, 3.8) is 0 Å². The summed E-state index contributed by atoms with van der Waals surface area (Å²) in [4.78, 5) is 24.6.